The lowest BCUT2D eigenvalue weighted by Crippen LogP contribution is -2.25. The Morgan fingerprint density at radius 2 is 2.07 bits per heavy atom. The molecule has 0 radical (unpaired) electrons. The third kappa shape index (κ3) is 2.34. The molecule has 15 heavy (non-hydrogen) atoms. The summed E-state index contributed by atoms with van der Waals surface area (Å²) < 4.78 is 6.00. The minimum Gasteiger partial charge on any atom is -0.490 e. The summed E-state index contributed by atoms with van der Waals surface area (Å²) in [5.41, 5.74) is 1.37. The third-order valence-electron chi connectivity index (χ3n) is 3.41. The Labute approximate surface area is 92.5 Å². The molecular weight excluding hydrogens is 184 g/mol. The van der Waals surface area contributed by atoms with E-state index in [0.717, 1.165) is 5.75 Å². The van der Waals surface area contributed by atoms with Crippen molar-refractivity contribution in [2.75, 3.05) is 0 Å². The summed E-state index contributed by atoms with van der Waals surface area (Å²) in [7, 11) is 0. The number of ether oxygens (including phenoxy) is 1. The van der Waals surface area contributed by atoms with Gasteiger partial charge in [-0.3, -0.25) is 0 Å². The first-order valence-electron chi connectivity index (χ1n) is 6.07. The van der Waals surface area contributed by atoms with E-state index in [1.165, 1.54) is 31.2 Å². The van der Waals surface area contributed by atoms with Crippen LogP contribution in [0.2, 0.25) is 0 Å². The van der Waals surface area contributed by atoms with E-state index in [-0.39, 0.29) is 0 Å². The van der Waals surface area contributed by atoms with Gasteiger partial charge in [-0.15, -0.1) is 0 Å². The van der Waals surface area contributed by atoms with Crippen LogP contribution in [0.5, 0.6) is 5.75 Å². The smallest absolute Gasteiger partial charge is 0.123 e. The zero-order valence-electron chi connectivity index (χ0n) is 9.70. The van der Waals surface area contributed by atoms with Gasteiger partial charge in [-0.2, -0.15) is 0 Å². The minimum absolute atomic E-state index is 0.482. The second-order valence-corrected chi connectivity index (χ2v) is 4.52. The van der Waals surface area contributed by atoms with Crippen molar-refractivity contribution in [2.45, 2.75) is 51.6 Å². The SMILES string of the molecule is CCC(C)c1ccccc1OC1CCC1. The molecule has 0 saturated heterocycles. The third-order valence-corrected chi connectivity index (χ3v) is 3.41. The van der Waals surface area contributed by atoms with Gasteiger partial charge in [0.1, 0.15) is 5.75 Å². The van der Waals surface area contributed by atoms with Gasteiger partial charge < -0.3 is 4.74 Å². The fraction of sp³-hybridized carbons (Fsp3) is 0.571. The Morgan fingerprint density at radius 3 is 2.67 bits per heavy atom. The maximum absolute atomic E-state index is 6.00. The molecule has 82 valence electrons. The van der Waals surface area contributed by atoms with E-state index in [4.69, 9.17) is 4.74 Å². The summed E-state index contributed by atoms with van der Waals surface area (Å²) in [5, 5.41) is 0. The molecule has 1 aromatic carbocycles. The minimum atomic E-state index is 0.482. The zero-order valence-corrected chi connectivity index (χ0v) is 9.70. The van der Waals surface area contributed by atoms with Crippen LogP contribution < -0.4 is 4.74 Å². The zero-order chi connectivity index (χ0) is 10.7. The predicted molar refractivity (Wildman–Crippen MR) is 63.4 cm³/mol. The molecule has 1 aliphatic carbocycles. The van der Waals surface area contributed by atoms with Crippen LogP contribution in [-0.2, 0) is 0 Å². The maximum Gasteiger partial charge on any atom is 0.123 e. The van der Waals surface area contributed by atoms with Gasteiger partial charge >= 0.3 is 0 Å². The van der Waals surface area contributed by atoms with Crippen molar-refractivity contribution in [3.8, 4) is 5.75 Å². The molecule has 0 amide bonds. The van der Waals surface area contributed by atoms with Crippen molar-refractivity contribution in [1.29, 1.82) is 0 Å². The lowest BCUT2D eigenvalue weighted by atomic mass is 9.95. The number of benzene rings is 1. The van der Waals surface area contributed by atoms with Gasteiger partial charge in [0.25, 0.3) is 0 Å². The largest absolute Gasteiger partial charge is 0.490 e. The topological polar surface area (TPSA) is 9.23 Å². The molecule has 0 aromatic heterocycles. The highest BCUT2D eigenvalue weighted by molar-refractivity contribution is 5.36. The second-order valence-electron chi connectivity index (χ2n) is 4.52. The molecule has 1 heteroatoms. The normalized spacial score (nSPS) is 18.3. The van der Waals surface area contributed by atoms with Crippen LogP contribution in [0.3, 0.4) is 0 Å². The van der Waals surface area contributed by atoms with Crippen LogP contribution in [0.1, 0.15) is 51.0 Å². The summed E-state index contributed by atoms with van der Waals surface area (Å²) in [6, 6.07) is 8.48. The van der Waals surface area contributed by atoms with Crippen molar-refractivity contribution >= 4 is 0 Å². The fourth-order valence-corrected chi connectivity index (χ4v) is 1.88. The van der Waals surface area contributed by atoms with E-state index < -0.39 is 0 Å². The van der Waals surface area contributed by atoms with Crippen molar-refractivity contribution in [1.82, 2.24) is 0 Å². The first-order valence-corrected chi connectivity index (χ1v) is 6.07. The molecule has 0 heterocycles. The van der Waals surface area contributed by atoms with Crippen LogP contribution in [0.4, 0.5) is 0 Å². The molecule has 0 spiro atoms. The van der Waals surface area contributed by atoms with E-state index in [9.17, 15) is 0 Å². The van der Waals surface area contributed by atoms with Crippen molar-refractivity contribution in [2.24, 2.45) is 0 Å². The second kappa shape index (κ2) is 4.69. The van der Waals surface area contributed by atoms with Gasteiger partial charge in [0.2, 0.25) is 0 Å². The van der Waals surface area contributed by atoms with Crippen molar-refractivity contribution in [3.63, 3.8) is 0 Å². The Kier molecular flexibility index (Phi) is 3.30. The first kappa shape index (κ1) is 10.5. The van der Waals surface area contributed by atoms with Crippen molar-refractivity contribution < 1.29 is 4.74 Å². The standard InChI is InChI=1S/C14H20O/c1-3-11(2)13-9-4-5-10-14(13)15-12-7-6-8-12/h4-5,9-12H,3,6-8H2,1-2H3. The molecule has 1 unspecified atom stereocenters. The molecule has 0 aliphatic heterocycles. The Morgan fingerprint density at radius 1 is 1.33 bits per heavy atom. The summed E-state index contributed by atoms with van der Waals surface area (Å²) in [6.07, 6.45) is 5.44. The molecule has 1 fully saturated rings. The molecule has 1 atom stereocenters. The van der Waals surface area contributed by atoms with Gasteiger partial charge in [-0.25, -0.2) is 0 Å². The van der Waals surface area contributed by atoms with Crippen LogP contribution >= 0.6 is 0 Å². The molecule has 1 saturated carbocycles. The van der Waals surface area contributed by atoms with Crippen LogP contribution in [0, 0.1) is 0 Å². The van der Waals surface area contributed by atoms with Crippen LogP contribution in [0.25, 0.3) is 0 Å². The van der Waals surface area contributed by atoms with Gasteiger partial charge in [0, 0.05) is 0 Å². The average molecular weight is 204 g/mol. The molecular formula is C14H20O. The number of para-hydroxylation sites is 1. The van der Waals surface area contributed by atoms with E-state index in [0.29, 0.717) is 12.0 Å². The maximum atomic E-state index is 6.00. The van der Waals surface area contributed by atoms with Gasteiger partial charge in [-0.05, 0) is 43.2 Å². The molecule has 0 bridgehead atoms. The Balaban J connectivity index is 2.13. The number of rotatable bonds is 4. The van der Waals surface area contributed by atoms with Crippen LogP contribution in [0.15, 0.2) is 24.3 Å². The highest BCUT2D eigenvalue weighted by Crippen LogP contribution is 2.32. The number of hydrogen-bond acceptors (Lipinski definition) is 1. The van der Waals surface area contributed by atoms with E-state index in [1.807, 2.05) is 0 Å². The van der Waals surface area contributed by atoms with Crippen molar-refractivity contribution in [3.05, 3.63) is 29.8 Å². The monoisotopic (exact) mass is 204 g/mol. The lowest BCUT2D eigenvalue weighted by Gasteiger charge is -2.28. The molecule has 1 aromatic rings. The molecule has 2 rings (SSSR count). The van der Waals surface area contributed by atoms with E-state index in [2.05, 4.69) is 38.1 Å². The predicted octanol–water partition coefficient (Wildman–Crippen LogP) is 4.13. The molecule has 1 aliphatic rings. The quantitative estimate of drug-likeness (QED) is 0.716. The lowest BCUT2D eigenvalue weighted by molar-refractivity contribution is 0.118. The number of hydrogen-bond donors (Lipinski definition) is 0. The fourth-order valence-electron chi connectivity index (χ4n) is 1.88. The summed E-state index contributed by atoms with van der Waals surface area (Å²) in [6.45, 7) is 4.49. The first-order chi connectivity index (χ1) is 7.31. The van der Waals surface area contributed by atoms with Crippen LogP contribution in [-0.4, -0.2) is 6.10 Å². The molecule has 1 nitrogen and oxygen atoms in total. The van der Waals surface area contributed by atoms with Gasteiger partial charge in [0.05, 0.1) is 6.10 Å². The van der Waals surface area contributed by atoms with Gasteiger partial charge in [-0.1, -0.05) is 32.0 Å². The summed E-state index contributed by atoms with van der Waals surface area (Å²) in [4.78, 5) is 0. The highest BCUT2D eigenvalue weighted by Gasteiger charge is 2.20. The molecule has 0 N–H and O–H groups in total. The van der Waals surface area contributed by atoms with E-state index in [1.54, 1.807) is 0 Å². The van der Waals surface area contributed by atoms with Gasteiger partial charge in [0.15, 0.2) is 0 Å². The summed E-state index contributed by atoms with van der Waals surface area (Å²) >= 11 is 0. The Bertz CT molecular complexity index is 315. The highest BCUT2D eigenvalue weighted by atomic mass is 16.5. The Hall–Kier alpha value is -0.980. The average Bonchev–Trinajstić information content (AvgIpc) is 2.23. The van der Waals surface area contributed by atoms with E-state index >= 15 is 0 Å². The summed E-state index contributed by atoms with van der Waals surface area (Å²) in [5.74, 6) is 1.71.